The zero-order valence-corrected chi connectivity index (χ0v) is 16.6. The van der Waals surface area contributed by atoms with E-state index < -0.39 is 48.4 Å². The van der Waals surface area contributed by atoms with Crippen LogP contribution in [0, 0.1) is 11.6 Å². The largest absolute Gasteiger partial charge is 0.497 e. The zero-order valence-electron chi connectivity index (χ0n) is 15.8. The van der Waals surface area contributed by atoms with Crippen LogP contribution in [0.4, 0.5) is 8.78 Å². The van der Waals surface area contributed by atoms with Crippen LogP contribution < -0.4 is 4.74 Å². The fourth-order valence-corrected chi connectivity index (χ4v) is 3.57. The first-order chi connectivity index (χ1) is 14.1. The molecule has 1 aliphatic heterocycles. The number of rotatable bonds is 5. The fraction of sp³-hybridized carbons (Fsp3) is 0.400. The topological polar surface area (TPSA) is 120 Å². The molecule has 0 bridgehead atoms. The van der Waals surface area contributed by atoms with Gasteiger partial charge in [-0.25, -0.2) is 8.78 Å². The summed E-state index contributed by atoms with van der Waals surface area (Å²) in [6.07, 6.45) is -7.12. The molecule has 0 saturated carbocycles. The zero-order chi connectivity index (χ0) is 22.2. The highest BCUT2D eigenvalue weighted by atomic mass is 35.5. The summed E-state index contributed by atoms with van der Waals surface area (Å²) in [5, 5.41) is 50.6. The second-order valence-corrected chi connectivity index (χ2v) is 7.42. The van der Waals surface area contributed by atoms with Gasteiger partial charge in [-0.1, -0.05) is 17.7 Å². The van der Waals surface area contributed by atoms with E-state index in [0.29, 0.717) is 0 Å². The van der Waals surface area contributed by atoms with Crippen LogP contribution in [0.5, 0.6) is 5.75 Å². The first-order valence-electron chi connectivity index (χ1n) is 8.98. The number of ether oxygens (including phenoxy) is 2. The maximum absolute atomic E-state index is 14.3. The molecule has 10 heteroatoms. The van der Waals surface area contributed by atoms with E-state index in [-0.39, 0.29) is 33.9 Å². The molecule has 0 amide bonds. The highest BCUT2D eigenvalue weighted by Gasteiger charge is 2.53. The van der Waals surface area contributed by atoms with Crippen molar-refractivity contribution in [3.63, 3.8) is 0 Å². The minimum Gasteiger partial charge on any atom is -0.497 e. The minimum absolute atomic E-state index is 0.00391. The molecule has 0 aromatic heterocycles. The van der Waals surface area contributed by atoms with E-state index in [1.165, 1.54) is 25.3 Å². The van der Waals surface area contributed by atoms with E-state index in [9.17, 15) is 34.3 Å². The quantitative estimate of drug-likeness (QED) is 0.461. The van der Waals surface area contributed by atoms with Gasteiger partial charge in [-0.05, 0) is 17.7 Å². The summed E-state index contributed by atoms with van der Waals surface area (Å²) in [7, 11) is 1.27. The van der Waals surface area contributed by atoms with Gasteiger partial charge in [0.1, 0.15) is 41.8 Å². The highest BCUT2D eigenvalue weighted by Crippen LogP contribution is 2.38. The molecule has 0 unspecified atom stereocenters. The van der Waals surface area contributed by atoms with Gasteiger partial charge >= 0.3 is 0 Å². The lowest BCUT2D eigenvalue weighted by molar-refractivity contribution is -0.357. The Bertz CT molecular complexity index is 903. The summed E-state index contributed by atoms with van der Waals surface area (Å²) < 4.78 is 38.8. The number of benzene rings is 2. The lowest BCUT2D eigenvalue weighted by Crippen LogP contribution is -2.63. The van der Waals surface area contributed by atoms with Crippen molar-refractivity contribution >= 4 is 11.6 Å². The van der Waals surface area contributed by atoms with Gasteiger partial charge < -0.3 is 35.0 Å². The lowest BCUT2D eigenvalue weighted by atomic mass is 9.87. The normalized spacial score (nSPS) is 29.1. The third-order valence-electron chi connectivity index (χ3n) is 5.14. The van der Waals surface area contributed by atoms with E-state index in [1.807, 2.05) is 0 Å². The van der Waals surface area contributed by atoms with Gasteiger partial charge in [0.25, 0.3) is 0 Å². The summed E-state index contributed by atoms with van der Waals surface area (Å²) in [6, 6.07) is 5.90. The predicted octanol–water partition coefficient (Wildman–Crippen LogP) is 0.836. The first kappa shape index (κ1) is 22.8. The SMILES string of the molecule is COc1cc(F)c(Cc2cc([C@@]3(O)O[C@H](CO)[C@@H](O)[C@H](O)[C@H]3O)ccc2Cl)c(F)c1. The molecule has 1 heterocycles. The van der Waals surface area contributed by atoms with E-state index in [1.54, 1.807) is 0 Å². The van der Waals surface area contributed by atoms with Gasteiger partial charge in [0.05, 0.1) is 13.7 Å². The van der Waals surface area contributed by atoms with E-state index in [4.69, 9.17) is 21.1 Å². The number of aliphatic hydroxyl groups excluding tert-OH is 4. The van der Waals surface area contributed by atoms with Crippen LogP contribution >= 0.6 is 11.6 Å². The molecule has 7 nitrogen and oxygen atoms in total. The van der Waals surface area contributed by atoms with Crippen molar-refractivity contribution < 1.29 is 43.8 Å². The van der Waals surface area contributed by atoms with Crippen LogP contribution in [0.15, 0.2) is 30.3 Å². The fourth-order valence-electron chi connectivity index (χ4n) is 3.38. The molecule has 30 heavy (non-hydrogen) atoms. The van der Waals surface area contributed by atoms with Gasteiger partial charge in [-0.15, -0.1) is 0 Å². The first-order valence-corrected chi connectivity index (χ1v) is 9.36. The Kier molecular flexibility index (Phi) is 6.63. The van der Waals surface area contributed by atoms with Gasteiger partial charge in [-0.3, -0.25) is 0 Å². The van der Waals surface area contributed by atoms with Crippen LogP contribution in [0.3, 0.4) is 0 Å². The van der Waals surface area contributed by atoms with Crippen molar-refractivity contribution in [3.8, 4) is 5.75 Å². The Morgan fingerprint density at radius 2 is 1.73 bits per heavy atom. The Morgan fingerprint density at radius 1 is 1.10 bits per heavy atom. The summed E-state index contributed by atoms with van der Waals surface area (Å²) >= 11 is 6.15. The lowest BCUT2D eigenvalue weighted by Gasteiger charge is -2.45. The molecule has 0 radical (unpaired) electrons. The third kappa shape index (κ3) is 4.02. The van der Waals surface area contributed by atoms with Gasteiger partial charge in [0.2, 0.25) is 5.79 Å². The summed E-state index contributed by atoms with van der Waals surface area (Å²) in [4.78, 5) is 0. The average Bonchev–Trinajstić information content (AvgIpc) is 2.72. The van der Waals surface area contributed by atoms with Crippen molar-refractivity contribution in [1.29, 1.82) is 0 Å². The van der Waals surface area contributed by atoms with Crippen molar-refractivity contribution in [2.24, 2.45) is 0 Å². The van der Waals surface area contributed by atoms with Gasteiger partial charge in [-0.2, -0.15) is 0 Å². The maximum atomic E-state index is 14.3. The molecule has 1 fully saturated rings. The molecule has 1 saturated heterocycles. The second kappa shape index (κ2) is 8.72. The number of methoxy groups -OCH3 is 1. The van der Waals surface area contributed by atoms with Crippen molar-refractivity contribution in [2.45, 2.75) is 36.6 Å². The summed E-state index contributed by atoms with van der Waals surface area (Å²) in [5.74, 6) is -4.23. The Hall–Kier alpha value is -1.85. The van der Waals surface area contributed by atoms with Crippen LogP contribution in [0.2, 0.25) is 5.02 Å². The molecule has 1 aliphatic rings. The summed E-state index contributed by atoms with van der Waals surface area (Å²) in [5.41, 5.74) is -0.189. The van der Waals surface area contributed by atoms with Gasteiger partial charge in [0.15, 0.2) is 0 Å². The van der Waals surface area contributed by atoms with Gasteiger partial charge in [0, 0.05) is 34.7 Å². The molecule has 0 aliphatic carbocycles. The van der Waals surface area contributed by atoms with Crippen LogP contribution in [-0.4, -0.2) is 63.7 Å². The molecule has 2 aromatic rings. The smallest absolute Gasteiger partial charge is 0.222 e. The van der Waals surface area contributed by atoms with Crippen LogP contribution in [-0.2, 0) is 16.9 Å². The Balaban J connectivity index is 2.00. The standard InChI is InChI=1S/C20H21ClF2O7/c1-29-11-6-14(22)12(15(23)7-11)5-9-4-10(2-3-13(9)21)20(28)19(27)18(26)17(25)16(8-24)30-20/h2-4,6-7,16-19,24-28H,5,8H2,1H3/t16-,17-,18+,19-,20-/m1/s1. The number of hydrogen-bond donors (Lipinski definition) is 5. The van der Waals surface area contributed by atoms with Crippen molar-refractivity contribution in [1.82, 2.24) is 0 Å². The molecule has 2 aromatic carbocycles. The number of hydrogen-bond acceptors (Lipinski definition) is 7. The molecule has 5 N–H and O–H groups in total. The molecular formula is C20H21ClF2O7. The second-order valence-electron chi connectivity index (χ2n) is 7.01. The predicted molar refractivity (Wildman–Crippen MR) is 101 cm³/mol. The van der Waals surface area contributed by atoms with Crippen LogP contribution in [0.1, 0.15) is 16.7 Å². The maximum Gasteiger partial charge on any atom is 0.222 e. The van der Waals surface area contributed by atoms with Crippen molar-refractivity contribution in [3.05, 3.63) is 63.7 Å². The molecular weight excluding hydrogens is 426 g/mol. The third-order valence-corrected chi connectivity index (χ3v) is 5.51. The monoisotopic (exact) mass is 446 g/mol. The molecule has 0 spiro atoms. The minimum atomic E-state index is -2.51. The van der Waals surface area contributed by atoms with E-state index in [0.717, 1.165) is 12.1 Å². The highest BCUT2D eigenvalue weighted by molar-refractivity contribution is 6.31. The number of halogens is 3. The molecule has 164 valence electrons. The Morgan fingerprint density at radius 3 is 2.30 bits per heavy atom. The average molecular weight is 447 g/mol. The van der Waals surface area contributed by atoms with E-state index >= 15 is 0 Å². The van der Waals surface area contributed by atoms with Crippen LogP contribution in [0.25, 0.3) is 0 Å². The summed E-state index contributed by atoms with van der Waals surface area (Å²) in [6.45, 7) is -0.740. The molecule has 5 atom stereocenters. The van der Waals surface area contributed by atoms with Crippen molar-refractivity contribution in [2.75, 3.05) is 13.7 Å². The Labute approximate surface area is 175 Å². The van der Waals surface area contributed by atoms with E-state index in [2.05, 4.69) is 0 Å². The number of aliphatic hydroxyl groups is 5. The molecule has 3 rings (SSSR count).